The lowest BCUT2D eigenvalue weighted by atomic mass is 10.1. The van der Waals surface area contributed by atoms with Crippen LogP contribution in [0.5, 0.6) is 0 Å². The normalized spacial score (nSPS) is 10.6. The fraction of sp³-hybridized carbons (Fsp3) is 0.467. The smallest absolute Gasteiger partial charge is 0.223 e. The highest BCUT2D eigenvalue weighted by Gasteiger charge is 2.04. The summed E-state index contributed by atoms with van der Waals surface area (Å²) in [6.45, 7) is 3.35. The molecule has 0 saturated heterocycles. The van der Waals surface area contributed by atoms with Crippen molar-refractivity contribution >= 4 is 35.8 Å². The number of halogens is 1. The van der Waals surface area contributed by atoms with Gasteiger partial charge in [-0.1, -0.05) is 29.8 Å². The molecule has 0 unspecified atom stereocenters. The Kier molecular flexibility index (Phi) is 9.77. The van der Waals surface area contributed by atoms with Crippen molar-refractivity contribution in [1.29, 1.82) is 0 Å². The van der Waals surface area contributed by atoms with Gasteiger partial charge in [0.15, 0.2) is 5.96 Å². The molecule has 1 rings (SSSR count). The molecule has 0 spiro atoms. The Morgan fingerprint density at radius 3 is 2.33 bits per heavy atom. The zero-order valence-corrected chi connectivity index (χ0v) is 15.5. The molecule has 0 fully saturated rings. The molecule has 1 aromatic rings. The van der Waals surface area contributed by atoms with Gasteiger partial charge in [0.1, 0.15) is 0 Å². The van der Waals surface area contributed by atoms with Crippen LogP contribution in [0.2, 0.25) is 0 Å². The van der Waals surface area contributed by atoms with Crippen molar-refractivity contribution in [2.24, 2.45) is 4.99 Å². The number of rotatable bonds is 5. The maximum atomic E-state index is 11.4. The minimum atomic E-state index is 0. The number of guanidine groups is 1. The summed E-state index contributed by atoms with van der Waals surface area (Å²) >= 11 is 0. The van der Waals surface area contributed by atoms with E-state index in [1.54, 1.807) is 26.0 Å². The molecule has 0 heterocycles. The molecule has 1 amide bonds. The van der Waals surface area contributed by atoms with Gasteiger partial charge in [0.2, 0.25) is 5.91 Å². The van der Waals surface area contributed by atoms with Crippen LogP contribution in [0.25, 0.3) is 0 Å². The third-order valence-corrected chi connectivity index (χ3v) is 2.93. The summed E-state index contributed by atoms with van der Waals surface area (Å²) < 4.78 is 0. The SMILES string of the molecule is CN=C(NCCC(=O)N(C)C)NCc1ccc(C)cc1.I. The van der Waals surface area contributed by atoms with Crippen molar-refractivity contribution < 1.29 is 4.79 Å². The Bertz CT molecular complexity index is 457. The number of benzene rings is 1. The number of nitrogens with zero attached hydrogens (tertiary/aromatic N) is 2. The number of hydrogen-bond acceptors (Lipinski definition) is 2. The molecule has 118 valence electrons. The molecule has 0 bridgehead atoms. The molecule has 21 heavy (non-hydrogen) atoms. The second-order valence-electron chi connectivity index (χ2n) is 4.88. The number of aliphatic imine (C=N–C) groups is 1. The topological polar surface area (TPSA) is 56.7 Å². The predicted octanol–water partition coefficient (Wildman–Crippen LogP) is 1.76. The molecule has 0 aliphatic rings. The number of amides is 1. The van der Waals surface area contributed by atoms with Crippen molar-refractivity contribution in [2.45, 2.75) is 19.9 Å². The van der Waals surface area contributed by atoms with Gasteiger partial charge in [-0.2, -0.15) is 0 Å². The molecule has 0 aliphatic heterocycles. The highest BCUT2D eigenvalue weighted by atomic mass is 127. The van der Waals surface area contributed by atoms with Gasteiger partial charge >= 0.3 is 0 Å². The van der Waals surface area contributed by atoms with Gasteiger partial charge in [0, 0.05) is 40.7 Å². The van der Waals surface area contributed by atoms with Crippen LogP contribution >= 0.6 is 24.0 Å². The van der Waals surface area contributed by atoms with Gasteiger partial charge in [0.05, 0.1) is 0 Å². The molecular weight excluding hydrogens is 379 g/mol. The second kappa shape index (κ2) is 10.4. The Morgan fingerprint density at radius 2 is 1.81 bits per heavy atom. The molecule has 0 saturated carbocycles. The first-order valence-corrected chi connectivity index (χ1v) is 6.73. The number of nitrogens with one attached hydrogen (secondary N) is 2. The highest BCUT2D eigenvalue weighted by Crippen LogP contribution is 2.02. The van der Waals surface area contributed by atoms with Gasteiger partial charge in [0.25, 0.3) is 0 Å². The van der Waals surface area contributed by atoms with E-state index in [0.29, 0.717) is 25.5 Å². The Hall–Kier alpha value is -1.31. The van der Waals surface area contributed by atoms with Crippen molar-refractivity contribution in [3.05, 3.63) is 35.4 Å². The fourth-order valence-corrected chi connectivity index (χ4v) is 1.62. The second-order valence-corrected chi connectivity index (χ2v) is 4.88. The number of carbonyl (C=O) groups is 1. The van der Waals surface area contributed by atoms with Crippen LogP contribution < -0.4 is 10.6 Å². The van der Waals surface area contributed by atoms with Crippen LogP contribution in [0, 0.1) is 6.92 Å². The lowest BCUT2D eigenvalue weighted by Gasteiger charge is -2.13. The average Bonchev–Trinajstić information content (AvgIpc) is 2.44. The number of carbonyl (C=O) groups excluding carboxylic acids is 1. The van der Waals surface area contributed by atoms with E-state index in [4.69, 9.17) is 0 Å². The predicted molar refractivity (Wildman–Crippen MR) is 98.1 cm³/mol. The Labute approximate surface area is 144 Å². The van der Waals surface area contributed by atoms with E-state index < -0.39 is 0 Å². The van der Waals surface area contributed by atoms with Gasteiger partial charge in [-0.3, -0.25) is 9.79 Å². The summed E-state index contributed by atoms with van der Waals surface area (Å²) in [5, 5.41) is 6.35. The molecular formula is C15H25IN4O. The largest absolute Gasteiger partial charge is 0.356 e. The van der Waals surface area contributed by atoms with Gasteiger partial charge in [-0.15, -0.1) is 24.0 Å². The molecule has 0 radical (unpaired) electrons. The summed E-state index contributed by atoms with van der Waals surface area (Å²) in [5.41, 5.74) is 2.45. The lowest BCUT2D eigenvalue weighted by Crippen LogP contribution is -2.38. The van der Waals surface area contributed by atoms with E-state index in [-0.39, 0.29) is 29.9 Å². The average molecular weight is 404 g/mol. The van der Waals surface area contributed by atoms with Crippen LogP contribution in [-0.4, -0.2) is 44.5 Å². The first-order chi connectivity index (χ1) is 9.52. The standard InChI is InChI=1S/C15H24N4O.HI/c1-12-5-7-13(8-6-12)11-18-15(16-2)17-10-9-14(20)19(3)4;/h5-8H,9-11H2,1-4H3,(H2,16,17,18);1H. The molecule has 1 aromatic carbocycles. The third-order valence-electron chi connectivity index (χ3n) is 2.93. The maximum Gasteiger partial charge on any atom is 0.223 e. The Balaban J connectivity index is 0.00000400. The zero-order chi connectivity index (χ0) is 15.0. The minimum absolute atomic E-state index is 0. The fourth-order valence-electron chi connectivity index (χ4n) is 1.62. The first kappa shape index (κ1) is 19.7. The van der Waals surface area contributed by atoms with E-state index in [1.165, 1.54) is 11.1 Å². The summed E-state index contributed by atoms with van der Waals surface area (Å²) in [5.74, 6) is 0.809. The van der Waals surface area contributed by atoms with Crippen molar-refractivity contribution in [3.63, 3.8) is 0 Å². The first-order valence-electron chi connectivity index (χ1n) is 6.73. The molecule has 5 nitrogen and oxygen atoms in total. The molecule has 2 N–H and O–H groups in total. The lowest BCUT2D eigenvalue weighted by molar-refractivity contribution is -0.128. The van der Waals surface area contributed by atoms with Gasteiger partial charge in [-0.05, 0) is 12.5 Å². The van der Waals surface area contributed by atoms with Gasteiger partial charge < -0.3 is 15.5 Å². The molecule has 6 heteroatoms. The number of hydrogen-bond donors (Lipinski definition) is 2. The zero-order valence-electron chi connectivity index (χ0n) is 13.1. The van der Waals surface area contributed by atoms with Gasteiger partial charge in [-0.25, -0.2) is 0 Å². The van der Waals surface area contributed by atoms with Crippen LogP contribution in [0.15, 0.2) is 29.3 Å². The van der Waals surface area contributed by atoms with E-state index in [0.717, 1.165) is 0 Å². The molecule has 0 aromatic heterocycles. The van der Waals surface area contributed by atoms with E-state index >= 15 is 0 Å². The summed E-state index contributed by atoms with van der Waals surface area (Å²) in [7, 11) is 5.23. The van der Waals surface area contributed by atoms with Crippen LogP contribution in [0.4, 0.5) is 0 Å². The monoisotopic (exact) mass is 404 g/mol. The highest BCUT2D eigenvalue weighted by molar-refractivity contribution is 14.0. The molecule has 0 aliphatic carbocycles. The summed E-state index contributed by atoms with van der Waals surface area (Å²) in [4.78, 5) is 17.2. The molecule has 0 atom stereocenters. The van der Waals surface area contributed by atoms with E-state index in [9.17, 15) is 4.79 Å². The van der Waals surface area contributed by atoms with Crippen LogP contribution in [0.3, 0.4) is 0 Å². The van der Waals surface area contributed by atoms with Crippen molar-refractivity contribution in [3.8, 4) is 0 Å². The quantitative estimate of drug-likeness (QED) is 0.447. The third kappa shape index (κ3) is 7.89. The van der Waals surface area contributed by atoms with E-state index in [2.05, 4.69) is 46.8 Å². The van der Waals surface area contributed by atoms with Crippen molar-refractivity contribution in [2.75, 3.05) is 27.7 Å². The van der Waals surface area contributed by atoms with Crippen molar-refractivity contribution in [1.82, 2.24) is 15.5 Å². The Morgan fingerprint density at radius 1 is 1.19 bits per heavy atom. The number of aryl methyl sites for hydroxylation is 1. The summed E-state index contributed by atoms with van der Waals surface area (Å²) in [6, 6.07) is 8.35. The van der Waals surface area contributed by atoms with Crippen LogP contribution in [0.1, 0.15) is 17.5 Å². The van der Waals surface area contributed by atoms with Crippen LogP contribution in [-0.2, 0) is 11.3 Å². The maximum absolute atomic E-state index is 11.4. The van der Waals surface area contributed by atoms with E-state index in [1.807, 2.05) is 0 Å². The minimum Gasteiger partial charge on any atom is -0.356 e. The summed E-state index contributed by atoms with van der Waals surface area (Å²) in [6.07, 6.45) is 0.457.